The van der Waals surface area contributed by atoms with Gasteiger partial charge >= 0.3 is 0 Å². The van der Waals surface area contributed by atoms with Crippen LogP contribution in [0.4, 0.5) is 0 Å². The summed E-state index contributed by atoms with van der Waals surface area (Å²) in [5, 5.41) is 17.9. The fraction of sp³-hybridized carbons (Fsp3) is 0. The van der Waals surface area contributed by atoms with Crippen LogP contribution >= 0.6 is 0 Å². The molecular weight excluding hydrogens is 607 g/mol. The summed E-state index contributed by atoms with van der Waals surface area (Å²) in [5.41, 5.74) is 7.64. The van der Waals surface area contributed by atoms with E-state index in [1.807, 2.05) is 6.07 Å². The summed E-state index contributed by atoms with van der Waals surface area (Å²) in [5.74, 6) is 0. The number of rotatable bonds is 2. The molecule has 0 aliphatic heterocycles. The molecule has 0 fully saturated rings. The topological polar surface area (TPSA) is 18.1 Å². The molecule has 0 N–H and O–H groups in total. The predicted molar refractivity (Wildman–Crippen MR) is 212 cm³/mol. The average molecular weight is 634 g/mol. The van der Waals surface area contributed by atoms with Crippen molar-refractivity contribution in [3.8, 4) is 16.8 Å². The number of hydrogen-bond acceptors (Lipinski definition) is 1. The summed E-state index contributed by atoms with van der Waals surface area (Å²) in [6.07, 6.45) is 0. The molecule has 0 aliphatic rings. The molecule has 0 amide bonds. The van der Waals surface area contributed by atoms with Crippen LogP contribution in [0.25, 0.3) is 114 Å². The van der Waals surface area contributed by atoms with Crippen LogP contribution in [0, 0.1) is 0 Å². The second-order valence-corrected chi connectivity index (χ2v) is 13.6. The van der Waals surface area contributed by atoms with Crippen LogP contribution in [-0.2, 0) is 0 Å². The fourth-order valence-corrected chi connectivity index (χ4v) is 9.00. The van der Waals surface area contributed by atoms with Gasteiger partial charge in [0.2, 0.25) is 0 Å². The summed E-state index contributed by atoms with van der Waals surface area (Å²) in [6.45, 7) is 0. The molecule has 0 saturated carbocycles. The first kappa shape index (κ1) is 26.3. The highest BCUT2D eigenvalue weighted by atomic mass is 16.3. The smallest absolute Gasteiger partial charge is 0.159 e. The number of fused-ring (bicyclic) bond motifs is 12. The van der Waals surface area contributed by atoms with Crippen molar-refractivity contribution in [2.75, 3.05) is 0 Å². The van der Waals surface area contributed by atoms with Gasteiger partial charge in [0.15, 0.2) is 5.58 Å². The van der Waals surface area contributed by atoms with Gasteiger partial charge in [0.05, 0.1) is 16.7 Å². The number of benzene rings is 10. The molecule has 0 spiro atoms. The highest BCUT2D eigenvalue weighted by Gasteiger charge is 2.20. The average Bonchev–Trinajstić information content (AvgIpc) is 3.73. The van der Waals surface area contributed by atoms with Crippen molar-refractivity contribution in [1.29, 1.82) is 0 Å². The van der Waals surface area contributed by atoms with Gasteiger partial charge in [-0.15, -0.1) is 0 Å². The molecule has 0 aliphatic carbocycles. The van der Waals surface area contributed by atoms with E-state index in [1.165, 1.54) is 81.3 Å². The zero-order chi connectivity index (χ0) is 32.5. The van der Waals surface area contributed by atoms with E-state index in [4.69, 9.17) is 4.42 Å². The second-order valence-electron chi connectivity index (χ2n) is 13.6. The maximum absolute atomic E-state index is 6.54. The first-order chi connectivity index (χ1) is 24.8. The molecule has 10 aromatic carbocycles. The van der Waals surface area contributed by atoms with Crippen LogP contribution in [0.2, 0.25) is 0 Å². The Morgan fingerprint density at radius 3 is 1.54 bits per heavy atom. The molecule has 0 bridgehead atoms. The van der Waals surface area contributed by atoms with Crippen LogP contribution in [-0.4, -0.2) is 4.57 Å². The molecule has 230 valence electrons. The number of aromatic nitrogens is 1. The maximum Gasteiger partial charge on any atom is 0.159 e. The Bertz CT molecular complexity index is 3270. The Morgan fingerprint density at radius 1 is 0.320 bits per heavy atom. The Morgan fingerprint density at radius 2 is 0.820 bits per heavy atom. The van der Waals surface area contributed by atoms with Crippen molar-refractivity contribution in [2.24, 2.45) is 0 Å². The lowest BCUT2D eigenvalue weighted by Crippen LogP contribution is -1.94. The largest absolute Gasteiger partial charge is 0.454 e. The van der Waals surface area contributed by atoms with E-state index in [9.17, 15) is 0 Å². The third kappa shape index (κ3) is 3.32. The van der Waals surface area contributed by atoms with Crippen LogP contribution < -0.4 is 0 Å². The van der Waals surface area contributed by atoms with Crippen LogP contribution in [0.3, 0.4) is 0 Å². The molecule has 0 saturated heterocycles. The first-order valence-electron chi connectivity index (χ1n) is 17.3. The second kappa shape index (κ2) is 9.49. The van der Waals surface area contributed by atoms with Crippen molar-refractivity contribution in [3.05, 3.63) is 164 Å². The molecular formula is C48H27NO. The molecule has 2 heterocycles. The highest BCUT2D eigenvalue weighted by Crippen LogP contribution is 2.47. The van der Waals surface area contributed by atoms with Gasteiger partial charge in [0.25, 0.3) is 0 Å². The van der Waals surface area contributed by atoms with E-state index in [-0.39, 0.29) is 0 Å². The van der Waals surface area contributed by atoms with E-state index >= 15 is 0 Å². The predicted octanol–water partition coefficient (Wildman–Crippen LogP) is 13.6. The normalized spacial score (nSPS) is 12.4. The monoisotopic (exact) mass is 633 g/mol. The summed E-state index contributed by atoms with van der Waals surface area (Å²) < 4.78 is 8.92. The minimum absolute atomic E-state index is 0.909. The van der Waals surface area contributed by atoms with Crippen molar-refractivity contribution < 1.29 is 4.42 Å². The van der Waals surface area contributed by atoms with Gasteiger partial charge in [-0.3, -0.25) is 0 Å². The lowest BCUT2D eigenvalue weighted by molar-refractivity contribution is 0.666. The lowest BCUT2D eigenvalue weighted by Gasteiger charge is -2.19. The summed E-state index contributed by atoms with van der Waals surface area (Å²) >= 11 is 0. The van der Waals surface area contributed by atoms with E-state index in [0.717, 1.165) is 33.1 Å². The fourth-order valence-electron chi connectivity index (χ4n) is 9.00. The van der Waals surface area contributed by atoms with Gasteiger partial charge in [0.1, 0.15) is 5.58 Å². The maximum atomic E-state index is 6.54. The zero-order valence-electron chi connectivity index (χ0n) is 26.9. The standard InChI is InChI=1S/C48H27NO/c1-3-13-32-30(11-1)36-17-9-18-37-31-12-2-4-14-33(31)41-27-29(26-40(32)47(41)46(36)37)28-23-24-43-39(25-28)34-15-5-7-20-42(34)49(43)44-21-10-19-38-35-16-6-8-22-45(35)50-48(38)44/h1-27H. The van der Waals surface area contributed by atoms with Crippen LogP contribution in [0.1, 0.15) is 0 Å². The molecule has 2 aromatic heterocycles. The Kier molecular flexibility index (Phi) is 5.00. The highest BCUT2D eigenvalue weighted by molar-refractivity contribution is 6.40. The number of hydrogen-bond donors (Lipinski definition) is 0. The first-order valence-corrected chi connectivity index (χ1v) is 17.3. The molecule has 12 rings (SSSR count). The van der Waals surface area contributed by atoms with E-state index in [2.05, 4.69) is 162 Å². The van der Waals surface area contributed by atoms with E-state index in [1.54, 1.807) is 0 Å². The van der Waals surface area contributed by atoms with Crippen LogP contribution in [0.5, 0.6) is 0 Å². The van der Waals surface area contributed by atoms with Crippen LogP contribution in [0.15, 0.2) is 168 Å². The Balaban J connectivity index is 1.18. The summed E-state index contributed by atoms with van der Waals surface area (Å²) in [6, 6.07) is 60.0. The number of para-hydroxylation sites is 3. The van der Waals surface area contributed by atoms with Crippen molar-refractivity contribution in [1.82, 2.24) is 4.57 Å². The molecule has 0 unspecified atom stereocenters. The minimum Gasteiger partial charge on any atom is -0.454 e. The van der Waals surface area contributed by atoms with Crippen molar-refractivity contribution >= 4 is 97.6 Å². The summed E-state index contributed by atoms with van der Waals surface area (Å²) in [7, 11) is 0. The Hall–Kier alpha value is -6.64. The minimum atomic E-state index is 0.909. The molecule has 0 radical (unpaired) electrons. The molecule has 0 atom stereocenters. The number of nitrogens with zero attached hydrogens (tertiary/aromatic N) is 1. The van der Waals surface area contributed by atoms with E-state index in [0.29, 0.717) is 0 Å². The van der Waals surface area contributed by atoms with Crippen molar-refractivity contribution in [3.63, 3.8) is 0 Å². The van der Waals surface area contributed by atoms with Gasteiger partial charge in [-0.1, -0.05) is 121 Å². The van der Waals surface area contributed by atoms with Gasteiger partial charge < -0.3 is 8.98 Å². The third-order valence-electron chi connectivity index (χ3n) is 11.1. The van der Waals surface area contributed by atoms with Crippen molar-refractivity contribution in [2.45, 2.75) is 0 Å². The SMILES string of the molecule is c1ccc2c(c1)oc1c(-n3c4ccccc4c4cc(-c5cc6c7ccccc7c7cccc8c9ccccc9c(c5)c6c78)ccc43)cccc12. The molecule has 2 nitrogen and oxygen atoms in total. The van der Waals surface area contributed by atoms with Gasteiger partial charge in [-0.2, -0.15) is 0 Å². The van der Waals surface area contributed by atoms with Gasteiger partial charge in [0, 0.05) is 21.5 Å². The van der Waals surface area contributed by atoms with Gasteiger partial charge in [-0.25, -0.2) is 0 Å². The molecule has 50 heavy (non-hydrogen) atoms. The van der Waals surface area contributed by atoms with Gasteiger partial charge in [-0.05, 0) is 107 Å². The quantitative estimate of drug-likeness (QED) is 0.137. The molecule has 2 heteroatoms. The lowest BCUT2D eigenvalue weighted by atomic mass is 9.84. The molecule has 12 aromatic rings. The summed E-state index contributed by atoms with van der Waals surface area (Å²) in [4.78, 5) is 0. The number of furan rings is 1. The Labute approximate surface area is 286 Å². The zero-order valence-corrected chi connectivity index (χ0v) is 26.9. The van der Waals surface area contributed by atoms with E-state index < -0.39 is 0 Å². The third-order valence-corrected chi connectivity index (χ3v) is 11.1.